The minimum atomic E-state index is -0.965. The molecule has 3 nitrogen and oxygen atoms in total. The Hall–Kier alpha value is -1.35. The number of hydrogen-bond acceptors (Lipinski definition) is 3. The summed E-state index contributed by atoms with van der Waals surface area (Å²) < 4.78 is 5.07. The second kappa shape index (κ2) is 5.66. The highest BCUT2D eigenvalue weighted by atomic mass is 16.5. The van der Waals surface area contributed by atoms with Gasteiger partial charge in [-0.05, 0) is 18.9 Å². The zero-order chi connectivity index (χ0) is 12.0. The molecule has 0 aliphatic carbocycles. The molecule has 0 radical (unpaired) electrons. The van der Waals surface area contributed by atoms with Crippen LogP contribution in [0, 0.1) is 0 Å². The van der Waals surface area contributed by atoms with Gasteiger partial charge in [-0.1, -0.05) is 37.3 Å². The molecule has 1 atom stereocenters. The maximum absolute atomic E-state index is 11.4. The van der Waals surface area contributed by atoms with Crippen LogP contribution in [-0.2, 0) is 16.1 Å². The average Bonchev–Trinajstić information content (AvgIpc) is 2.27. The van der Waals surface area contributed by atoms with E-state index in [0.29, 0.717) is 6.42 Å². The molecule has 0 amide bonds. The first-order chi connectivity index (χ1) is 7.53. The van der Waals surface area contributed by atoms with Crippen molar-refractivity contribution in [3.63, 3.8) is 0 Å². The smallest absolute Gasteiger partial charge is 0.309 e. The summed E-state index contributed by atoms with van der Waals surface area (Å²) in [4.78, 5) is 11.4. The zero-order valence-corrected chi connectivity index (χ0v) is 9.77. The van der Waals surface area contributed by atoms with Gasteiger partial charge in [0.2, 0.25) is 0 Å². The van der Waals surface area contributed by atoms with Crippen molar-refractivity contribution in [3.8, 4) is 0 Å². The van der Waals surface area contributed by atoms with E-state index in [1.54, 1.807) is 6.92 Å². The number of hydrogen-bond donors (Lipinski definition) is 1. The third-order valence-electron chi connectivity index (χ3n) is 2.53. The lowest BCUT2D eigenvalue weighted by Crippen LogP contribution is -2.27. The van der Waals surface area contributed by atoms with Gasteiger partial charge in [0.1, 0.15) is 6.61 Å². The van der Waals surface area contributed by atoms with Crippen LogP contribution in [0.15, 0.2) is 30.3 Å². The molecule has 88 valence electrons. The fourth-order valence-electron chi connectivity index (χ4n) is 1.23. The van der Waals surface area contributed by atoms with Crippen molar-refractivity contribution in [2.45, 2.75) is 38.9 Å². The van der Waals surface area contributed by atoms with Crippen LogP contribution in [0.3, 0.4) is 0 Å². The highest BCUT2D eigenvalue weighted by Gasteiger charge is 2.22. The van der Waals surface area contributed by atoms with Crippen LogP contribution in [0.4, 0.5) is 0 Å². The van der Waals surface area contributed by atoms with Crippen molar-refractivity contribution in [2.24, 2.45) is 0 Å². The predicted octanol–water partition coefficient (Wildman–Crippen LogP) is 2.28. The first-order valence-electron chi connectivity index (χ1n) is 5.45. The molecule has 1 unspecified atom stereocenters. The molecule has 0 saturated carbocycles. The number of esters is 1. The van der Waals surface area contributed by atoms with E-state index in [9.17, 15) is 9.90 Å². The van der Waals surface area contributed by atoms with Gasteiger partial charge in [-0.15, -0.1) is 0 Å². The van der Waals surface area contributed by atoms with Crippen LogP contribution < -0.4 is 0 Å². The van der Waals surface area contributed by atoms with E-state index in [-0.39, 0.29) is 19.0 Å². The van der Waals surface area contributed by atoms with Crippen molar-refractivity contribution >= 4 is 5.97 Å². The van der Waals surface area contributed by atoms with Gasteiger partial charge < -0.3 is 9.84 Å². The Labute approximate surface area is 96.1 Å². The highest BCUT2D eigenvalue weighted by molar-refractivity contribution is 5.70. The van der Waals surface area contributed by atoms with E-state index in [2.05, 4.69) is 0 Å². The van der Waals surface area contributed by atoms with Crippen LogP contribution in [0.25, 0.3) is 0 Å². The van der Waals surface area contributed by atoms with Gasteiger partial charge in [-0.2, -0.15) is 0 Å². The van der Waals surface area contributed by atoms with Gasteiger partial charge in [0.05, 0.1) is 12.0 Å². The van der Waals surface area contributed by atoms with Gasteiger partial charge in [0.25, 0.3) is 0 Å². The molecule has 1 rings (SSSR count). The van der Waals surface area contributed by atoms with Gasteiger partial charge in [-0.3, -0.25) is 4.79 Å². The molecule has 0 heterocycles. The molecule has 0 spiro atoms. The Morgan fingerprint density at radius 1 is 1.38 bits per heavy atom. The lowest BCUT2D eigenvalue weighted by atomic mass is 10.00. The van der Waals surface area contributed by atoms with Crippen molar-refractivity contribution in [3.05, 3.63) is 35.9 Å². The van der Waals surface area contributed by atoms with E-state index in [4.69, 9.17) is 4.74 Å². The van der Waals surface area contributed by atoms with Gasteiger partial charge >= 0.3 is 5.97 Å². The molecular formula is C13H18O3. The third-order valence-corrected chi connectivity index (χ3v) is 2.53. The Morgan fingerprint density at radius 2 is 2.00 bits per heavy atom. The molecule has 0 aliphatic rings. The second-order valence-electron chi connectivity index (χ2n) is 4.17. The molecule has 1 aromatic carbocycles. The molecular weight excluding hydrogens is 204 g/mol. The summed E-state index contributed by atoms with van der Waals surface area (Å²) in [5.74, 6) is -0.365. The van der Waals surface area contributed by atoms with E-state index in [1.165, 1.54) is 0 Å². The maximum Gasteiger partial charge on any atom is 0.309 e. The summed E-state index contributed by atoms with van der Waals surface area (Å²) in [5, 5.41) is 9.69. The van der Waals surface area contributed by atoms with Crippen molar-refractivity contribution in [1.29, 1.82) is 0 Å². The minimum Gasteiger partial charge on any atom is -0.461 e. The number of carbonyl (C=O) groups is 1. The Balaban J connectivity index is 2.36. The lowest BCUT2D eigenvalue weighted by Gasteiger charge is -2.19. The predicted molar refractivity (Wildman–Crippen MR) is 61.8 cm³/mol. The molecule has 1 N–H and O–H groups in total. The number of aliphatic hydroxyl groups is 1. The molecule has 0 aromatic heterocycles. The topological polar surface area (TPSA) is 46.5 Å². The first-order valence-corrected chi connectivity index (χ1v) is 5.45. The molecule has 0 bridgehead atoms. The van der Waals surface area contributed by atoms with E-state index < -0.39 is 5.60 Å². The highest BCUT2D eigenvalue weighted by Crippen LogP contribution is 2.14. The summed E-state index contributed by atoms with van der Waals surface area (Å²) in [7, 11) is 0. The number of rotatable bonds is 5. The van der Waals surface area contributed by atoms with Crippen molar-refractivity contribution in [1.82, 2.24) is 0 Å². The fraction of sp³-hybridized carbons (Fsp3) is 0.462. The summed E-state index contributed by atoms with van der Waals surface area (Å²) in [6.45, 7) is 3.74. The van der Waals surface area contributed by atoms with Gasteiger partial charge in [-0.25, -0.2) is 0 Å². The van der Waals surface area contributed by atoms with E-state index in [0.717, 1.165) is 5.56 Å². The lowest BCUT2D eigenvalue weighted by molar-refractivity contribution is -0.150. The van der Waals surface area contributed by atoms with Crippen LogP contribution >= 0.6 is 0 Å². The molecule has 3 heteroatoms. The quantitative estimate of drug-likeness (QED) is 0.777. The van der Waals surface area contributed by atoms with Gasteiger partial charge in [0, 0.05) is 0 Å². The minimum absolute atomic E-state index is 0.0380. The van der Waals surface area contributed by atoms with Crippen LogP contribution in [0.5, 0.6) is 0 Å². The largest absolute Gasteiger partial charge is 0.461 e. The standard InChI is InChI=1S/C13H18O3/c1-3-13(2,15)9-12(14)16-10-11-7-5-4-6-8-11/h4-8,15H,3,9-10H2,1-2H3. The molecule has 0 fully saturated rings. The SMILES string of the molecule is CCC(C)(O)CC(=O)OCc1ccccc1. The van der Waals surface area contributed by atoms with E-state index >= 15 is 0 Å². The Bertz CT molecular complexity index is 330. The average molecular weight is 222 g/mol. The molecule has 1 aromatic rings. The second-order valence-corrected chi connectivity index (χ2v) is 4.17. The molecule has 0 saturated heterocycles. The van der Waals surface area contributed by atoms with Crippen molar-refractivity contribution in [2.75, 3.05) is 0 Å². The molecule has 0 aliphatic heterocycles. The number of ether oxygens (including phenoxy) is 1. The maximum atomic E-state index is 11.4. The van der Waals surface area contributed by atoms with Crippen LogP contribution in [0.1, 0.15) is 32.3 Å². The fourth-order valence-corrected chi connectivity index (χ4v) is 1.23. The summed E-state index contributed by atoms with van der Waals surface area (Å²) in [6.07, 6.45) is 0.573. The van der Waals surface area contributed by atoms with Crippen LogP contribution in [0.2, 0.25) is 0 Å². The first kappa shape index (κ1) is 12.7. The Kier molecular flexibility index (Phi) is 4.50. The number of benzene rings is 1. The van der Waals surface area contributed by atoms with Gasteiger partial charge in [0.15, 0.2) is 0 Å². The third kappa shape index (κ3) is 4.45. The number of carbonyl (C=O) groups excluding carboxylic acids is 1. The van der Waals surface area contributed by atoms with Crippen LogP contribution in [-0.4, -0.2) is 16.7 Å². The summed E-state index contributed by atoms with van der Waals surface area (Å²) in [6, 6.07) is 9.49. The monoisotopic (exact) mass is 222 g/mol. The Morgan fingerprint density at radius 3 is 2.56 bits per heavy atom. The normalized spacial score (nSPS) is 14.2. The van der Waals surface area contributed by atoms with E-state index in [1.807, 2.05) is 37.3 Å². The summed E-state index contributed by atoms with van der Waals surface area (Å²) in [5.41, 5.74) is -0.0136. The van der Waals surface area contributed by atoms with Crippen molar-refractivity contribution < 1.29 is 14.6 Å². The summed E-state index contributed by atoms with van der Waals surface area (Å²) >= 11 is 0. The molecule has 16 heavy (non-hydrogen) atoms. The zero-order valence-electron chi connectivity index (χ0n) is 9.77.